The zero-order valence-corrected chi connectivity index (χ0v) is 10.6. The van der Waals surface area contributed by atoms with Gasteiger partial charge in [-0.2, -0.15) is 0 Å². The van der Waals surface area contributed by atoms with E-state index < -0.39 is 11.7 Å². The first kappa shape index (κ1) is 13.5. The summed E-state index contributed by atoms with van der Waals surface area (Å²) >= 11 is 0. The zero-order chi connectivity index (χ0) is 13.1. The molecular weight excluding hydrogens is 220 g/mol. The summed E-state index contributed by atoms with van der Waals surface area (Å²) in [5, 5.41) is 5.52. The average Bonchev–Trinajstić information content (AvgIpc) is 2.11. The molecule has 1 rings (SSSR count). The Morgan fingerprint density at radius 2 is 1.76 bits per heavy atom. The van der Waals surface area contributed by atoms with E-state index in [-0.39, 0.29) is 18.0 Å². The van der Waals surface area contributed by atoms with Crippen LogP contribution in [-0.4, -0.2) is 29.7 Å². The fourth-order valence-electron chi connectivity index (χ4n) is 1.59. The molecule has 1 aliphatic carbocycles. The van der Waals surface area contributed by atoms with E-state index in [0.717, 1.165) is 12.8 Å². The number of ether oxygens (including phenoxy) is 1. The van der Waals surface area contributed by atoms with Crippen LogP contribution in [0.4, 0.5) is 4.79 Å². The number of carbonyl (C=O) groups is 2. The Labute approximate surface area is 102 Å². The van der Waals surface area contributed by atoms with E-state index in [1.165, 1.54) is 6.08 Å². The quantitative estimate of drug-likeness (QED) is 0.732. The summed E-state index contributed by atoms with van der Waals surface area (Å²) in [6.07, 6.45) is 2.31. The van der Waals surface area contributed by atoms with Crippen LogP contribution >= 0.6 is 0 Å². The van der Waals surface area contributed by atoms with Gasteiger partial charge >= 0.3 is 6.09 Å². The van der Waals surface area contributed by atoms with Gasteiger partial charge in [-0.05, 0) is 39.7 Å². The van der Waals surface area contributed by atoms with Gasteiger partial charge in [0.05, 0.1) is 0 Å². The second kappa shape index (κ2) is 5.21. The van der Waals surface area contributed by atoms with E-state index in [0.29, 0.717) is 0 Å². The van der Waals surface area contributed by atoms with Gasteiger partial charge in [-0.3, -0.25) is 4.79 Å². The van der Waals surface area contributed by atoms with Crippen LogP contribution in [-0.2, 0) is 9.53 Å². The molecule has 0 bridgehead atoms. The molecule has 0 spiro atoms. The molecule has 2 amide bonds. The molecule has 0 radical (unpaired) electrons. The van der Waals surface area contributed by atoms with Crippen LogP contribution in [0.1, 0.15) is 33.6 Å². The van der Waals surface area contributed by atoms with Crippen molar-refractivity contribution in [3.8, 4) is 0 Å². The van der Waals surface area contributed by atoms with Crippen LogP contribution in [0.25, 0.3) is 0 Å². The summed E-state index contributed by atoms with van der Waals surface area (Å²) in [4.78, 5) is 22.4. The van der Waals surface area contributed by atoms with Crippen molar-refractivity contribution in [2.75, 3.05) is 0 Å². The van der Waals surface area contributed by atoms with Crippen molar-refractivity contribution in [3.63, 3.8) is 0 Å². The normalized spacial score (nSPS) is 23.2. The van der Waals surface area contributed by atoms with Crippen LogP contribution < -0.4 is 10.6 Å². The van der Waals surface area contributed by atoms with Crippen molar-refractivity contribution in [2.24, 2.45) is 0 Å². The maximum atomic E-state index is 11.4. The third-order valence-corrected chi connectivity index (χ3v) is 2.39. The van der Waals surface area contributed by atoms with Gasteiger partial charge in [0.15, 0.2) is 0 Å². The molecule has 1 saturated carbocycles. The van der Waals surface area contributed by atoms with E-state index in [9.17, 15) is 9.59 Å². The molecule has 0 atom stereocenters. The summed E-state index contributed by atoms with van der Waals surface area (Å²) in [5.41, 5.74) is -0.482. The second-order valence-electron chi connectivity index (χ2n) is 5.22. The molecule has 5 heteroatoms. The van der Waals surface area contributed by atoms with Gasteiger partial charge < -0.3 is 15.4 Å². The van der Waals surface area contributed by atoms with Crippen molar-refractivity contribution >= 4 is 12.0 Å². The molecule has 0 unspecified atom stereocenters. The molecule has 96 valence electrons. The zero-order valence-electron chi connectivity index (χ0n) is 10.6. The highest BCUT2D eigenvalue weighted by molar-refractivity contribution is 5.87. The third-order valence-electron chi connectivity index (χ3n) is 2.39. The molecule has 5 nitrogen and oxygen atoms in total. The summed E-state index contributed by atoms with van der Waals surface area (Å²) in [6, 6.07) is 0.209. The van der Waals surface area contributed by atoms with Gasteiger partial charge in [0.25, 0.3) is 0 Å². The third kappa shape index (κ3) is 4.89. The van der Waals surface area contributed by atoms with E-state index in [2.05, 4.69) is 17.2 Å². The number of carbonyl (C=O) groups excluding carboxylic acids is 2. The summed E-state index contributed by atoms with van der Waals surface area (Å²) < 4.78 is 5.13. The maximum Gasteiger partial charge on any atom is 0.407 e. The van der Waals surface area contributed by atoms with Crippen molar-refractivity contribution in [3.05, 3.63) is 12.7 Å². The predicted octanol–water partition coefficient (Wildman–Crippen LogP) is 1.34. The summed E-state index contributed by atoms with van der Waals surface area (Å²) in [7, 11) is 0. The Morgan fingerprint density at radius 3 is 2.24 bits per heavy atom. The van der Waals surface area contributed by atoms with Gasteiger partial charge in [-0.25, -0.2) is 4.79 Å². The lowest BCUT2D eigenvalue weighted by Crippen LogP contribution is -2.54. The van der Waals surface area contributed by atoms with Gasteiger partial charge in [0.1, 0.15) is 5.60 Å². The fourth-order valence-corrected chi connectivity index (χ4v) is 1.59. The van der Waals surface area contributed by atoms with E-state index in [1.807, 2.05) is 20.8 Å². The second-order valence-corrected chi connectivity index (χ2v) is 5.22. The Bertz CT molecular complexity index is 314. The first-order valence-electron chi connectivity index (χ1n) is 5.72. The molecule has 0 aliphatic heterocycles. The Morgan fingerprint density at radius 1 is 1.24 bits per heavy atom. The molecule has 0 aromatic carbocycles. The van der Waals surface area contributed by atoms with Crippen LogP contribution in [0.3, 0.4) is 0 Å². The van der Waals surface area contributed by atoms with Crippen molar-refractivity contribution in [1.29, 1.82) is 0 Å². The first-order valence-corrected chi connectivity index (χ1v) is 5.72. The standard InChI is InChI=1S/C12H20N2O3/c1-5-10(15)13-8-6-9(7-8)14-11(16)17-12(2,3)4/h5,8-9H,1,6-7H2,2-4H3,(H,13,15)(H,14,16). The van der Waals surface area contributed by atoms with E-state index in [4.69, 9.17) is 4.74 Å². The van der Waals surface area contributed by atoms with Gasteiger partial charge in [-0.15, -0.1) is 0 Å². The highest BCUT2D eigenvalue weighted by Crippen LogP contribution is 2.20. The SMILES string of the molecule is C=CC(=O)NC1CC(NC(=O)OC(C)(C)C)C1. The lowest BCUT2D eigenvalue weighted by Gasteiger charge is -2.36. The minimum Gasteiger partial charge on any atom is -0.444 e. The first-order chi connectivity index (χ1) is 7.80. The van der Waals surface area contributed by atoms with Crippen LogP contribution in [0.2, 0.25) is 0 Å². The minimum absolute atomic E-state index is 0.0833. The number of nitrogens with one attached hydrogen (secondary N) is 2. The molecule has 1 aliphatic rings. The number of hydrogen-bond acceptors (Lipinski definition) is 3. The monoisotopic (exact) mass is 240 g/mol. The number of alkyl carbamates (subject to hydrolysis) is 1. The van der Waals surface area contributed by atoms with Crippen molar-refractivity contribution < 1.29 is 14.3 Å². The molecule has 0 aromatic rings. The fraction of sp³-hybridized carbons (Fsp3) is 0.667. The number of amides is 2. The van der Waals surface area contributed by atoms with Crippen molar-refractivity contribution in [2.45, 2.75) is 51.3 Å². The predicted molar refractivity (Wildman–Crippen MR) is 64.5 cm³/mol. The Hall–Kier alpha value is -1.52. The van der Waals surface area contributed by atoms with Gasteiger partial charge in [0, 0.05) is 12.1 Å². The minimum atomic E-state index is -0.482. The number of rotatable bonds is 3. The van der Waals surface area contributed by atoms with Crippen molar-refractivity contribution in [1.82, 2.24) is 10.6 Å². The highest BCUT2D eigenvalue weighted by atomic mass is 16.6. The average molecular weight is 240 g/mol. The maximum absolute atomic E-state index is 11.4. The molecule has 0 aromatic heterocycles. The van der Waals surface area contributed by atoms with Crippen LogP contribution in [0.5, 0.6) is 0 Å². The summed E-state index contributed by atoms with van der Waals surface area (Å²) in [6.45, 7) is 8.84. The van der Waals surface area contributed by atoms with E-state index >= 15 is 0 Å². The molecule has 0 saturated heterocycles. The summed E-state index contributed by atoms with van der Waals surface area (Å²) in [5.74, 6) is -0.175. The highest BCUT2D eigenvalue weighted by Gasteiger charge is 2.32. The molecular formula is C12H20N2O3. The number of hydrogen-bond donors (Lipinski definition) is 2. The smallest absolute Gasteiger partial charge is 0.407 e. The van der Waals surface area contributed by atoms with Gasteiger partial charge in [-0.1, -0.05) is 6.58 Å². The van der Waals surface area contributed by atoms with E-state index in [1.54, 1.807) is 0 Å². The van der Waals surface area contributed by atoms with Crippen LogP contribution in [0.15, 0.2) is 12.7 Å². The van der Waals surface area contributed by atoms with Crippen LogP contribution in [0, 0.1) is 0 Å². The Balaban J connectivity index is 2.19. The topological polar surface area (TPSA) is 67.4 Å². The molecule has 2 N–H and O–H groups in total. The molecule has 0 heterocycles. The lowest BCUT2D eigenvalue weighted by molar-refractivity contribution is -0.117. The lowest BCUT2D eigenvalue weighted by atomic mass is 9.87. The molecule has 1 fully saturated rings. The Kier molecular flexibility index (Phi) is 4.15. The largest absolute Gasteiger partial charge is 0.444 e. The molecule has 17 heavy (non-hydrogen) atoms. The van der Waals surface area contributed by atoms with Gasteiger partial charge in [0.2, 0.25) is 5.91 Å².